The molecule has 0 saturated heterocycles. The summed E-state index contributed by atoms with van der Waals surface area (Å²) in [5, 5.41) is 12.1. The molecule has 0 bridgehead atoms. The van der Waals surface area contributed by atoms with E-state index in [1.54, 1.807) is 19.1 Å². The number of carboxylic acid groups (broad SMARTS) is 1. The summed E-state index contributed by atoms with van der Waals surface area (Å²) in [6.45, 7) is 1.93. The highest BCUT2D eigenvalue weighted by Gasteiger charge is 2.30. The van der Waals surface area contributed by atoms with Gasteiger partial charge in [0, 0.05) is 10.4 Å². The Bertz CT molecular complexity index is 1080. The van der Waals surface area contributed by atoms with E-state index >= 15 is 0 Å². The molecule has 1 amide bonds. The van der Waals surface area contributed by atoms with E-state index in [9.17, 15) is 14.7 Å². The summed E-state index contributed by atoms with van der Waals surface area (Å²) in [5.41, 5.74) is 5.74. The topological polar surface area (TPSA) is 75.6 Å². The molecule has 0 radical (unpaired) electrons. The maximum absolute atomic E-state index is 12.5. The van der Waals surface area contributed by atoms with Gasteiger partial charge >= 0.3 is 12.1 Å². The Balaban J connectivity index is 1.51. The van der Waals surface area contributed by atoms with Gasteiger partial charge in [0.05, 0.1) is 0 Å². The Morgan fingerprint density at radius 3 is 2.23 bits per heavy atom. The second-order valence-corrected chi connectivity index (χ2v) is 8.16. The van der Waals surface area contributed by atoms with Gasteiger partial charge in [-0.15, -0.1) is 0 Å². The highest BCUT2D eigenvalue weighted by molar-refractivity contribution is 9.10. The third kappa shape index (κ3) is 3.83. The lowest BCUT2D eigenvalue weighted by atomic mass is 9.98. The van der Waals surface area contributed by atoms with Gasteiger partial charge in [0.15, 0.2) is 6.04 Å². The van der Waals surface area contributed by atoms with Crippen LogP contribution in [0.5, 0.6) is 0 Å². The molecule has 1 atom stereocenters. The monoisotopic (exact) mass is 465 g/mol. The van der Waals surface area contributed by atoms with Crippen LogP contribution in [-0.2, 0) is 9.53 Å². The van der Waals surface area contributed by atoms with Crippen LogP contribution in [0.1, 0.15) is 34.2 Å². The predicted octanol–water partition coefficient (Wildman–Crippen LogP) is 5.42. The highest BCUT2D eigenvalue weighted by Crippen LogP contribution is 2.44. The Kier molecular flexibility index (Phi) is 5.59. The second kappa shape index (κ2) is 8.32. The first-order valence-corrected chi connectivity index (χ1v) is 10.4. The minimum absolute atomic E-state index is 0.0842. The number of carboxylic acids is 1. The molecule has 0 aromatic heterocycles. The molecule has 6 heteroatoms. The maximum atomic E-state index is 12.5. The first-order chi connectivity index (χ1) is 14.5. The van der Waals surface area contributed by atoms with Crippen LogP contribution in [-0.4, -0.2) is 23.8 Å². The molecule has 1 aliphatic rings. The van der Waals surface area contributed by atoms with E-state index in [0.717, 1.165) is 32.3 Å². The lowest BCUT2D eigenvalue weighted by molar-refractivity contribution is -0.139. The van der Waals surface area contributed by atoms with Gasteiger partial charge in [-0.2, -0.15) is 0 Å². The van der Waals surface area contributed by atoms with E-state index in [1.165, 1.54) is 0 Å². The number of amides is 1. The second-order valence-electron chi connectivity index (χ2n) is 7.24. The van der Waals surface area contributed by atoms with Gasteiger partial charge < -0.3 is 15.2 Å². The number of halogens is 1. The standard InChI is InChI=1S/C24H20BrNO4/c1-14-10-11-15(25)12-20(14)22(23(27)28)26-24(29)30-13-21-18-8-4-2-6-16(18)17-7-3-5-9-19(17)21/h2-12,21-22H,13H2,1H3,(H,26,29)(H,27,28). The summed E-state index contributed by atoms with van der Waals surface area (Å²) >= 11 is 3.35. The quantitative estimate of drug-likeness (QED) is 0.527. The van der Waals surface area contributed by atoms with Crippen molar-refractivity contribution in [1.82, 2.24) is 5.32 Å². The van der Waals surface area contributed by atoms with Gasteiger partial charge in [0.1, 0.15) is 6.61 Å². The summed E-state index contributed by atoms with van der Waals surface area (Å²) in [4.78, 5) is 24.3. The van der Waals surface area contributed by atoms with E-state index in [2.05, 4.69) is 33.4 Å². The van der Waals surface area contributed by atoms with Crippen LogP contribution in [0.4, 0.5) is 4.79 Å². The van der Waals surface area contributed by atoms with Crippen LogP contribution in [0.25, 0.3) is 11.1 Å². The van der Waals surface area contributed by atoms with Gasteiger partial charge in [-0.25, -0.2) is 9.59 Å². The molecule has 0 saturated carbocycles. The Morgan fingerprint density at radius 1 is 1.03 bits per heavy atom. The first-order valence-electron chi connectivity index (χ1n) is 9.56. The zero-order chi connectivity index (χ0) is 21.3. The van der Waals surface area contributed by atoms with Gasteiger partial charge in [-0.1, -0.05) is 70.5 Å². The molecular weight excluding hydrogens is 446 g/mol. The number of alkyl carbamates (subject to hydrolysis) is 1. The van der Waals surface area contributed by atoms with E-state index in [-0.39, 0.29) is 12.5 Å². The zero-order valence-electron chi connectivity index (χ0n) is 16.3. The summed E-state index contributed by atoms with van der Waals surface area (Å²) in [5.74, 6) is -1.23. The molecule has 0 aliphatic heterocycles. The lowest BCUT2D eigenvalue weighted by Crippen LogP contribution is -2.35. The number of fused-ring (bicyclic) bond motifs is 3. The van der Waals surface area contributed by atoms with Gasteiger partial charge in [0.25, 0.3) is 0 Å². The van der Waals surface area contributed by atoms with Crippen molar-refractivity contribution >= 4 is 28.0 Å². The molecule has 5 nitrogen and oxygen atoms in total. The van der Waals surface area contributed by atoms with Crippen molar-refractivity contribution in [3.8, 4) is 11.1 Å². The Hall–Kier alpha value is -3.12. The van der Waals surface area contributed by atoms with Crippen molar-refractivity contribution in [2.24, 2.45) is 0 Å². The predicted molar refractivity (Wildman–Crippen MR) is 117 cm³/mol. The largest absolute Gasteiger partial charge is 0.479 e. The summed E-state index contributed by atoms with van der Waals surface area (Å²) in [6.07, 6.45) is -0.761. The van der Waals surface area contributed by atoms with Crippen molar-refractivity contribution in [3.05, 3.63) is 93.5 Å². The number of hydrogen-bond donors (Lipinski definition) is 2. The fraction of sp³-hybridized carbons (Fsp3) is 0.167. The van der Waals surface area contributed by atoms with Crippen LogP contribution in [0, 0.1) is 6.92 Å². The first kappa shape index (κ1) is 20.2. The molecule has 152 valence electrons. The summed E-state index contributed by atoms with van der Waals surface area (Å²) in [6, 6.07) is 20.2. The number of ether oxygens (including phenoxy) is 1. The minimum atomic E-state index is -1.20. The molecule has 0 heterocycles. The number of benzene rings is 3. The molecule has 4 rings (SSSR count). The van der Waals surface area contributed by atoms with Crippen molar-refractivity contribution in [2.75, 3.05) is 6.61 Å². The minimum Gasteiger partial charge on any atom is -0.479 e. The van der Waals surface area contributed by atoms with Crippen molar-refractivity contribution < 1.29 is 19.4 Å². The third-order valence-electron chi connectivity index (χ3n) is 5.41. The van der Waals surface area contributed by atoms with Crippen molar-refractivity contribution in [2.45, 2.75) is 18.9 Å². The molecule has 3 aromatic rings. The van der Waals surface area contributed by atoms with Gasteiger partial charge in [-0.05, 0) is 52.4 Å². The molecular formula is C24H20BrNO4. The average molecular weight is 466 g/mol. The van der Waals surface area contributed by atoms with Crippen LogP contribution in [0.3, 0.4) is 0 Å². The molecule has 1 aliphatic carbocycles. The van der Waals surface area contributed by atoms with Gasteiger partial charge in [0.2, 0.25) is 0 Å². The number of hydrogen-bond acceptors (Lipinski definition) is 3. The summed E-state index contributed by atoms with van der Waals surface area (Å²) in [7, 11) is 0. The van der Waals surface area contributed by atoms with Crippen LogP contribution in [0.2, 0.25) is 0 Å². The maximum Gasteiger partial charge on any atom is 0.408 e. The van der Waals surface area contributed by atoms with Crippen molar-refractivity contribution in [1.29, 1.82) is 0 Å². The van der Waals surface area contributed by atoms with Gasteiger partial charge in [-0.3, -0.25) is 0 Å². The Labute approximate surface area is 182 Å². The number of carbonyl (C=O) groups is 2. The number of rotatable bonds is 5. The van der Waals surface area contributed by atoms with Crippen LogP contribution in [0.15, 0.2) is 71.2 Å². The molecule has 0 spiro atoms. The Morgan fingerprint density at radius 2 is 1.63 bits per heavy atom. The van der Waals surface area contributed by atoms with E-state index in [1.807, 2.05) is 42.5 Å². The molecule has 3 aromatic carbocycles. The van der Waals surface area contributed by atoms with E-state index in [4.69, 9.17) is 4.74 Å². The fourth-order valence-electron chi connectivity index (χ4n) is 3.95. The fourth-order valence-corrected chi connectivity index (χ4v) is 4.33. The lowest BCUT2D eigenvalue weighted by Gasteiger charge is -2.19. The van der Waals surface area contributed by atoms with Crippen molar-refractivity contribution in [3.63, 3.8) is 0 Å². The van der Waals surface area contributed by atoms with E-state index in [0.29, 0.717) is 5.56 Å². The number of aryl methyl sites for hydroxylation is 1. The molecule has 30 heavy (non-hydrogen) atoms. The molecule has 1 unspecified atom stereocenters. The number of nitrogens with one attached hydrogen (secondary N) is 1. The normalized spacial score (nSPS) is 13.3. The van der Waals surface area contributed by atoms with Crippen LogP contribution >= 0.6 is 15.9 Å². The summed E-state index contributed by atoms with van der Waals surface area (Å²) < 4.78 is 6.23. The SMILES string of the molecule is Cc1ccc(Br)cc1C(NC(=O)OCC1c2ccccc2-c2ccccc21)C(=O)O. The number of carbonyl (C=O) groups excluding carboxylic acids is 1. The van der Waals surface area contributed by atoms with Crippen LogP contribution < -0.4 is 5.32 Å². The zero-order valence-corrected chi connectivity index (χ0v) is 17.8. The average Bonchev–Trinajstić information content (AvgIpc) is 3.06. The smallest absolute Gasteiger partial charge is 0.408 e. The van der Waals surface area contributed by atoms with E-state index < -0.39 is 18.1 Å². The third-order valence-corrected chi connectivity index (χ3v) is 5.90. The molecule has 2 N–H and O–H groups in total. The molecule has 0 fully saturated rings. The highest BCUT2D eigenvalue weighted by atomic mass is 79.9. The number of aliphatic carboxylic acids is 1.